The largest absolute Gasteiger partial charge is 0.255 e. The molecule has 2 nitrogen and oxygen atoms in total. The Bertz CT molecular complexity index is 298. The molecule has 1 fully saturated rings. The van der Waals surface area contributed by atoms with Crippen molar-refractivity contribution in [1.29, 1.82) is 0 Å². The average Bonchev–Trinajstić information content (AvgIpc) is 2.51. The first-order valence-corrected chi connectivity index (χ1v) is 8.22. The SMILES string of the molecule is OO.c1ccc(C2CCCCCCCCCCC2)cc1. The molecule has 0 atom stereocenters. The van der Waals surface area contributed by atoms with Crippen LogP contribution in [0.25, 0.3) is 0 Å². The molecule has 0 aromatic heterocycles. The Kier molecular flexibility index (Phi) is 10.3. The highest BCUT2D eigenvalue weighted by atomic mass is 17.0. The van der Waals surface area contributed by atoms with E-state index in [-0.39, 0.29) is 0 Å². The Balaban J connectivity index is 0.000000956. The van der Waals surface area contributed by atoms with Crippen LogP contribution in [0.4, 0.5) is 0 Å². The third kappa shape index (κ3) is 7.06. The van der Waals surface area contributed by atoms with Crippen molar-refractivity contribution in [1.82, 2.24) is 0 Å². The molecule has 1 aromatic rings. The van der Waals surface area contributed by atoms with Crippen molar-refractivity contribution >= 4 is 0 Å². The van der Waals surface area contributed by atoms with Crippen LogP contribution in [-0.2, 0) is 0 Å². The minimum Gasteiger partial charge on any atom is -0.255 e. The second-order valence-electron chi connectivity index (χ2n) is 5.87. The molecule has 2 rings (SSSR count). The summed E-state index contributed by atoms with van der Waals surface area (Å²) in [5.41, 5.74) is 1.58. The molecule has 0 saturated heterocycles. The lowest BCUT2D eigenvalue weighted by molar-refractivity contribution is -0.176. The summed E-state index contributed by atoms with van der Waals surface area (Å²) < 4.78 is 0. The van der Waals surface area contributed by atoms with Crippen molar-refractivity contribution < 1.29 is 10.5 Å². The third-order valence-corrected chi connectivity index (χ3v) is 4.38. The van der Waals surface area contributed by atoms with Crippen molar-refractivity contribution in [2.75, 3.05) is 0 Å². The van der Waals surface area contributed by atoms with Gasteiger partial charge in [0.25, 0.3) is 0 Å². The molecule has 0 heterocycles. The zero-order valence-electron chi connectivity index (χ0n) is 12.6. The summed E-state index contributed by atoms with van der Waals surface area (Å²) >= 11 is 0. The molecular formula is C18H30O2. The first kappa shape index (κ1) is 17.2. The summed E-state index contributed by atoms with van der Waals surface area (Å²) in [6, 6.07) is 11.2. The Morgan fingerprint density at radius 2 is 1.00 bits per heavy atom. The highest BCUT2D eigenvalue weighted by Crippen LogP contribution is 2.29. The van der Waals surface area contributed by atoms with Crippen LogP contribution >= 0.6 is 0 Å². The van der Waals surface area contributed by atoms with E-state index in [2.05, 4.69) is 30.3 Å². The Morgan fingerprint density at radius 3 is 1.45 bits per heavy atom. The Morgan fingerprint density at radius 1 is 0.600 bits per heavy atom. The van der Waals surface area contributed by atoms with Gasteiger partial charge in [0.1, 0.15) is 0 Å². The fraction of sp³-hybridized carbons (Fsp3) is 0.667. The zero-order valence-corrected chi connectivity index (χ0v) is 12.6. The lowest BCUT2D eigenvalue weighted by atomic mass is 9.87. The normalized spacial score (nSPS) is 19.1. The molecular weight excluding hydrogens is 248 g/mol. The van der Waals surface area contributed by atoms with Gasteiger partial charge in [0.2, 0.25) is 0 Å². The molecule has 0 bridgehead atoms. The molecule has 2 heteroatoms. The number of hydrogen-bond acceptors (Lipinski definition) is 2. The van der Waals surface area contributed by atoms with E-state index < -0.39 is 0 Å². The van der Waals surface area contributed by atoms with E-state index in [1.54, 1.807) is 5.56 Å². The third-order valence-electron chi connectivity index (χ3n) is 4.38. The number of hydrogen-bond donors (Lipinski definition) is 2. The van der Waals surface area contributed by atoms with E-state index in [0.717, 1.165) is 5.92 Å². The van der Waals surface area contributed by atoms with Crippen molar-refractivity contribution in [3.8, 4) is 0 Å². The van der Waals surface area contributed by atoms with Gasteiger partial charge in [-0.05, 0) is 24.3 Å². The standard InChI is InChI=1S/C18H28.H2O2/c1-2-4-6-9-13-17(14-10-7-5-3-1)18-15-11-8-12-16-18;1-2/h8,11-12,15-17H,1-7,9-10,13-14H2;1-2H. The van der Waals surface area contributed by atoms with E-state index in [1.807, 2.05) is 0 Å². The maximum absolute atomic E-state index is 6.00. The van der Waals surface area contributed by atoms with Crippen LogP contribution in [0.2, 0.25) is 0 Å². The predicted molar refractivity (Wildman–Crippen MR) is 85.2 cm³/mol. The predicted octanol–water partition coefficient (Wildman–Crippen LogP) is 6.09. The topological polar surface area (TPSA) is 40.5 Å². The van der Waals surface area contributed by atoms with Gasteiger partial charge >= 0.3 is 0 Å². The minimum atomic E-state index is 0.825. The van der Waals surface area contributed by atoms with Crippen LogP contribution in [0.1, 0.15) is 82.1 Å². The first-order valence-electron chi connectivity index (χ1n) is 8.22. The smallest absolute Gasteiger partial charge is 0.0162 e. The minimum absolute atomic E-state index is 0.825. The highest BCUT2D eigenvalue weighted by molar-refractivity contribution is 5.19. The lowest BCUT2D eigenvalue weighted by Crippen LogP contribution is -2.00. The fourth-order valence-corrected chi connectivity index (χ4v) is 3.22. The summed E-state index contributed by atoms with van der Waals surface area (Å²) in [4.78, 5) is 0. The summed E-state index contributed by atoms with van der Waals surface area (Å²) in [6.07, 6.45) is 15.9. The summed E-state index contributed by atoms with van der Waals surface area (Å²) in [5.74, 6) is 0.825. The zero-order chi connectivity index (χ0) is 14.5. The van der Waals surface area contributed by atoms with Crippen LogP contribution in [0, 0.1) is 0 Å². The van der Waals surface area contributed by atoms with E-state index in [1.165, 1.54) is 70.6 Å². The lowest BCUT2D eigenvalue weighted by Gasteiger charge is -2.18. The van der Waals surface area contributed by atoms with Gasteiger partial charge in [-0.25, -0.2) is 0 Å². The molecule has 1 saturated carbocycles. The van der Waals surface area contributed by atoms with Crippen LogP contribution in [0.3, 0.4) is 0 Å². The van der Waals surface area contributed by atoms with Gasteiger partial charge in [0.15, 0.2) is 0 Å². The monoisotopic (exact) mass is 278 g/mol. The van der Waals surface area contributed by atoms with Gasteiger partial charge in [-0.2, -0.15) is 0 Å². The van der Waals surface area contributed by atoms with Gasteiger partial charge in [-0.15, -0.1) is 0 Å². The molecule has 114 valence electrons. The van der Waals surface area contributed by atoms with E-state index in [0.29, 0.717) is 0 Å². The Hall–Kier alpha value is -0.860. The molecule has 1 aliphatic carbocycles. The van der Waals surface area contributed by atoms with E-state index in [4.69, 9.17) is 10.5 Å². The number of rotatable bonds is 1. The van der Waals surface area contributed by atoms with Crippen LogP contribution < -0.4 is 0 Å². The summed E-state index contributed by atoms with van der Waals surface area (Å²) in [6.45, 7) is 0. The van der Waals surface area contributed by atoms with Crippen molar-refractivity contribution in [2.24, 2.45) is 0 Å². The quantitative estimate of drug-likeness (QED) is 0.482. The van der Waals surface area contributed by atoms with E-state index in [9.17, 15) is 0 Å². The molecule has 1 aliphatic rings. The van der Waals surface area contributed by atoms with Crippen molar-refractivity contribution in [2.45, 2.75) is 76.5 Å². The molecule has 0 amide bonds. The average molecular weight is 278 g/mol. The molecule has 2 N–H and O–H groups in total. The van der Waals surface area contributed by atoms with Gasteiger partial charge in [0, 0.05) is 0 Å². The van der Waals surface area contributed by atoms with Crippen molar-refractivity contribution in [3.63, 3.8) is 0 Å². The van der Waals surface area contributed by atoms with Crippen LogP contribution in [0.5, 0.6) is 0 Å². The highest BCUT2D eigenvalue weighted by Gasteiger charge is 2.11. The number of benzene rings is 1. The molecule has 0 aliphatic heterocycles. The van der Waals surface area contributed by atoms with Gasteiger partial charge < -0.3 is 0 Å². The maximum atomic E-state index is 6.00. The second kappa shape index (κ2) is 11.9. The van der Waals surface area contributed by atoms with E-state index >= 15 is 0 Å². The molecule has 0 spiro atoms. The Labute approximate surface area is 123 Å². The van der Waals surface area contributed by atoms with Gasteiger partial charge in [0.05, 0.1) is 0 Å². The summed E-state index contributed by atoms with van der Waals surface area (Å²) in [7, 11) is 0. The molecule has 0 radical (unpaired) electrons. The van der Waals surface area contributed by atoms with Gasteiger partial charge in [-0.3, -0.25) is 10.5 Å². The van der Waals surface area contributed by atoms with Crippen LogP contribution in [0.15, 0.2) is 30.3 Å². The fourth-order valence-electron chi connectivity index (χ4n) is 3.22. The molecule has 1 aromatic carbocycles. The first-order chi connectivity index (χ1) is 9.97. The van der Waals surface area contributed by atoms with Crippen LogP contribution in [-0.4, -0.2) is 10.5 Å². The molecule has 0 unspecified atom stereocenters. The maximum Gasteiger partial charge on any atom is -0.0162 e. The summed E-state index contributed by atoms with van der Waals surface area (Å²) in [5, 5.41) is 12.0. The molecule has 20 heavy (non-hydrogen) atoms. The second-order valence-corrected chi connectivity index (χ2v) is 5.87. The van der Waals surface area contributed by atoms with Gasteiger partial charge in [-0.1, -0.05) is 88.1 Å². The van der Waals surface area contributed by atoms with Crippen molar-refractivity contribution in [3.05, 3.63) is 35.9 Å².